The van der Waals surface area contributed by atoms with Crippen LogP contribution in [-0.4, -0.2) is 11.9 Å². The van der Waals surface area contributed by atoms with Crippen molar-refractivity contribution in [3.63, 3.8) is 0 Å². The number of nitrogens with one attached hydrogen (secondary N) is 2. The zero-order valence-corrected chi connectivity index (χ0v) is 13.5. The van der Waals surface area contributed by atoms with E-state index in [-0.39, 0.29) is 11.8 Å². The maximum absolute atomic E-state index is 11.8. The van der Waals surface area contributed by atoms with Gasteiger partial charge in [-0.1, -0.05) is 46.1 Å². The van der Waals surface area contributed by atoms with Crippen molar-refractivity contribution < 1.29 is 4.79 Å². The zero-order valence-electron chi connectivity index (χ0n) is 13.5. The molecule has 1 aliphatic rings. The molecule has 0 heterocycles. The van der Waals surface area contributed by atoms with E-state index in [1.54, 1.807) is 0 Å². The van der Waals surface area contributed by atoms with Gasteiger partial charge in [0.25, 0.3) is 0 Å². The second-order valence-corrected chi connectivity index (χ2v) is 6.51. The number of benzene rings is 1. The molecule has 2 N–H and O–H groups in total. The summed E-state index contributed by atoms with van der Waals surface area (Å²) >= 11 is 0. The van der Waals surface area contributed by atoms with Crippen LogP contribution < -0.4 is 10.6 Å². The summed E-state index contributed by atoms with van der Waals surface area (Å²) in [5.41, 5.74) is 1.99. The molecule has 3 nitrogen and oxygen atoms in total. The summed E-state index contributed by atoms with van der Waals surface area (Å²) in [6, 6.07) is 8.63. The minimum atomic E-state index is 0.00488. The summed E-state index contributed by atoms with van der Waals surface area (Å²) in [6.07, 6.45) is 6.49. The second-order valence-electron chi connectivity index (χ2n) is 6.51. The second kappa shape index (κ2) is 7.48. The number of rotatable bonds is 5. The molecule has 2 unspecified atom stereocenters. The van der Waals surface area contributed by atoms with Crippen molar-refractivity contribution >= 4 is 17.3 Å². The molecule has 1 saturated carbocycles. The molecule has 1 amide bonds. The first-order chi connectivity index (χ1) is 10.1. The monoisotopic (exact) mass is 288 g/mol. The molecule has 116 valence electrons. The summed E-state index contributed by atoms with van der Waals surface area (Å²) in [5, 5.41) is 6.60. The number of hydrogen-bond donors (Lipinski definition) is 2. The first-order valence-electron chi connectivity index (χ1n) is 8.26. The fourth-order valence-electron chi connectivity index (χ4n) is 3.00. The van der Waals surface area contributed by atoms with E-state index in [1.807, 2.05) is 32.0 Å². The lowest BCUT2D eigenvalue weighted by molar-refractivity contribution is -0.118. The van der Waals surface area contributed by atoms with Gasteiger partial charge in [-0.3, -0.25) is 4.79 Å². The molecule has 1 aliphatic carbocycles. The zero-order chi connectivity index (χ0) is 15.2. The molecule has 2 rings (SSSR count). The van der Waals surface area contributed by atoms with Crippen LogP contribution in [0.2, 0.25) is 0 Å². The van der Waals surface area contributed by atoms with Gasteiger partial charge in [-0.05, 0) is 37.0 Å². The molecule has 0 aliphatic heterocycles. The molecule has 0 radical (unpaired) electrons. The van der Waals surface area contributed by atoms with E-state index in [0.29, 0.717) is 6.04 Å². The first-order valence-corrected chi connectivity index (χ1v) is 8.26. The Morgan fingerprint density at radius 2 is 2.05 bits per heavy atom. The van der Waals surface area contributed by atoms with Crippen LogP contribution in [0.3, 0.4) is 0 Å². The van der Waals surface area contributed by atoms with Crippen molar-refractivity contribution in [2.45, 2.75) is 58.9 Å². The average molecular weight is 288 g/mol. The van der Waals surface area contributed by atoms with Gasteiger partial charge >= 0.3 is 0 Å². The summed E-state index contributed by atoms with van der Waals surface area (Å²) in [4.78, 5) is 11.8. The normalized spacial score (nSPS) is 22.1. The standard InChI is InChI=1S/C18H28N2O/c1-4-14-7-5-8-15(11-14)19-16-9-6-10-17(12-16)20-18(21)13(2)3/h6,9-10,12-15,19H,4-5,7-8,11H2,1-3H3,(H,20,21). The highest BCUT2D eigenvalue weighted by molar-refractivity contribution is 5.92. The van der Waals surface area contributed by atoms with Gasteiger partial charge in [0.1, 0.15) is 0 Å². The Hall–Kier alpha value is -1.51. The van der Waals surface area contributed by atoms with Gasteiger partial charge in [-0.2, -0.15) is 0 Å². The van der Waals surface area contributed by atoms with Gasteiger partial charge in [0, 0.05) is 23.3 Å². The summed E-state index contributed by atoms with van der Waals surface area (Å²) < 4.78 is 0. The maximum Gasteiger partial charge on any atom is 0.226 e. The van der Waals surface area contributed by atoms with Crippen molar-refractivity contribution in [3.8, 4) is 0 Å². The molecule has 21 heavy (non-hydrogen) atoms. The molecule has 0 bridgehead atoms. The Labute approximate surface area is 128 Å². The minimum Gasteiger partial charge on any atom is -0.382 e. The number of hydrogen-bond acceptors (Lipinski definition) is 2. The lowest BCUT2D eigenvalue weighted by Crippen LogP contribution is -2.27. The third-order valence-electron chi connectivity index (χ3n) is 4.39. The number of anilines is 2. The highest BCUT2D eigenvalue weighted by Gasteiger charge is 2.20. The van der Waals surface area contributed by atoms with E-state index in [0.717, 1.165) is 17.3 Å². The van der Waals surface area contributed by atoms with Crippen LogP contribution in [0.5, 0.6) is 0 Å². The van der Waals surface area contributed by atoms with E-state index in [2.05, 4.69) is 23.6 Å². The van der Waals surface area contributed by atoms with Crippen LogP contribution in [0.4, 0.5) is 11.4 Å². The quantitative estimate of drug-likeness (QED) is 0.827. The van der Waals surface area contributed by atoms with Crippen LogP contribution in [0.1, 0.15) is 52.9 Å². The van der Waals surface area contributed by atoms with Crippen molar-refractivity contribution in [2.24, 2.45) is 11.8 Å². The van der Waals surface area contributed by atoms with E-state index in [1.165, 1.54) is 32.1 Å². The molecule has 0 aromatic heterocycles. The van der Waals surface area contributed by atoms with Crippen LogP contribution >= 0.6 is 0 Å². The van der Waals surface area contributed by atoms with Crippen molar-refractivity contribution in [1.29, 1.82) is 0 Å². The van der Waals surface area contributed by atoms with Gasteiger partial charge in [-0.25, -0.2) is 0 Å². The fraction of sp³-hybridized carbons (Fsp3) is 0.611. The average Bonchev–Trinajstić information content (AvgIpc) is 2.47. The molecule has 1 aromatic carbocycles. The van der Waals surface area contributed by atoms with Gasteiger partial charge < -0.3 is 10.6 Å². The summed E-state index contributed by atoms with van der Waals surface area (Å²) in [5.74, 6) is 0.932. The largest absolute Gasteiger partial charge is 0.382 e. The highest BCUT2D eigenvalue weighted by Crippen LogP contribution is 2.29. The first kappa shape index (κ1) is 15.9. The predicted octanol–water partition coefficient (Wildman–Crippen LogP) is 4.66. The van der Waals surface area contributed by atoms with Gasteiger partial charge in [0.2, 0.25) is 5.91 Å². The molecular formula is C18H28N2O. The van der Waals surface area contributed by atoms with Crippen molar-refractivity contribution in [1.82, 2.24) is 0 Å². The van der Waals surface area contributed by atoms with Gasteiger partial charge in [0.05, 0.1) is 0 Å². The molecule has 0 spiro atoms. The number of carbonyl (C=O) groups excluding carboxylic acids is 1. The number of carbonyl (C=O) groups is 1. The smallest absolute Gasteiger partial charge is 0.226 e. The Bertz CT molecular complexity index is 470. The highest BCUT2D eigenvalue weighted by atomic mass is 16.1. The van der Waals surface area contributed by atoms with Crippen LogP contribution in [-0.2, 0) is 4.79 Å². The van der Waals surface area contributed by atoms with Gasteiger partial charge in [0.15, 0.2) is 0 Å². The lowest BCUT2D eigenvalue weighted by Gasteiger charge is -2.30. The Morgan fingerprint density at radius 3 is 2.76 bits per heavy atom. The van der Waals surface area contributed by atoms with E-state index in [4.69, 9.17) is 0 Å². The third kappa shape index (κ3) is 4.76. The van der Waals surface area contributed by atoms with Crippen LogP contribution in [0.25, 0.3) is 0 Å². The lowest BCUT2D eigenvalue weighted by atomic mass is 9.84. The predicted molar refractivity (Wildman–Crippen MR) is 89.6 cm³/mol. The van der Waals surface area contributed by atoms with Crippen LogP contribution in [0.15, 0.2) is 24.3 Å². The molecule has 0 saturated heterocycles. The maximum atomic E-state index is 11.8. The summed E-state index contributed by atoms with van der Waals surface area (Å²) in [6.45, 7) is 6.10. The van der Waals surface area contributed by atoms with E-state index >= 15 is 0 Å². The fourth-order valence-corrected chi connectivity index (χ4v) is 3.00. The minimum absolute atomic E-state index is 0.00488. The van der Waals surface area contributed by atoms with E-state index < -0.39 is 0 Å². The molecule has 1 aromatic rings. The Balaban J connectivity index is 1.96. The number of amides is 1. The van der Waals surface area contributed by atoms with E-state index in [9.17, 15) is 4.79 Å². The Kier molecular flexibility index (Phi) is 5.66. The molecule has 2 atom stereocenters. The van der Waals surface area contributed by atoms with Crippen LogP contribution in [0, 0.1) is 11.8 Å². The summed E-state index contributed by atoms with van der Waals surface area (Å²) in [7, 11) is 0. The third-order valence-corrected chi connectivity index (χ3v) is 4.39. The molecule has 1 fully saturated rings. The molecular weight excluding hydrogens is 260 g/mol. The van der Waals surface area contributed by atoms with Crippen molar-refractivity contribution in [3.05, 3.63) is 24.3 Å². The molecule has 3 heteroatoms. The topological polar surface area (TPSA) is 41.1 Å². The SMILES string of the molecule is CCC1CCCC(Nc2cccc(NC(=O)C(C)C)c2)C1. The Morgan fingerprint density at radius 1 is 1.29 bits per heavy atom. The van der Waals surface area contributed by atoms with Gasteiger partial charge in [-0.15, -0.1) is 0 Å². The van der Waals surface area contributed by atoms with Crippen molar-refractivity contribution in [2.75, 3.05) is 10.6 Å².